The predicted molar refractivity (Wildman–Crippen MR) is 82.6 cm³/mol. The number of fused-ring (bicyclic) bond motifs is 1. The first-order chi connectivity index (χ1) is 11.2. The molecule has 0 bridgehead atoms. The molecule has 23 heavy (non-hydrogen) atoms. The van der Waals surface area contributed by atoms with Crippen LogP contribution in [0, 0.1) is 5.82 Å². The van der Waals surface area contributed by atoms with E-state index in [1.165, 1.54) is 30.7 Å². The third-order valence-electron chi connectivity index (χ3n) is 3.32. The van der Waals surface area contributed by atoms with Gasteiger partial charge in [-0.3, -0.25) is 4.79 Å². The van der Waals surface area contributed by atoms with E-state index in [9.17, 15) is 9.18 Å². The monoisotopic (exact) mass is 314 g/mol. The number of hydrogen-bond donors (Lipinski definition) is 1. The van der Waals surface area contributed by atoms with Crippen molar-refractivity contribution in [2.75, 3.05) is 13.2 Å². The Bertz CT molecular complexity index is 799. The highest BCUT2D eigenvalue weighted by molar-refractivity contribution is 5.77. The second kappa shape index (κ2) is 6.91. The second-order valence-electron chi connectivity index (χ2n) is 5.00. The molecule has 1 aromatic heterocycles. The van der Waals surface area contributed by atoms with Crippen molar-refractivity contribution in [2.24, 2.45) is 0 Å². The summed E-state index contributed by atoms with van der Waals surface area (Å²) in [5.74, 6) is -0.113. The molecule has 1 amide bonds. The molecular formula is C17H15FN2O3. The highest BCUT2D eigenvalue weighted by Crippen LogP contribution is 2.14. The lowest BCUT2D eigenvalue weighted by Crippen LogP contribution is -2.30. The van der Waals surface area contributed by atoms with Gasteiger partial charge in [-0.25, -0.2) is 9.37 Å². The second-order valence-corrected chi connectivity index (χ2v) is 5.00. The van der Waals surface area contributed by atoms with Crippen LogP contribution in [0.1, 0.15) is 5.56 Å². The van der Waals surface area contributed by atoms with Crippen molar-refractivity contribution in [1.82, 2.24) is 10.3 Å². The van der Waals surface area contributed by atoms with Gasteiger partial charge in [0.2, 0.25) is 0 Å². The Morgan fingerprint density at radius 2 is 2.04 bits per heavy atom. The Kier molecular flexibility index (Phi) is 4.52. The van der Waals surface area contributed by atoms with Crippen molar-refractivity contribution in [2.45, 2.75) is 6.42 Å². The van der Waals surface area contributed by atoms with Crippen LogP contribution in [0.25, 0.3) is 11.1 Å². The highest BCUT2D eigenvalue weighted by Gasteiger charge is 2.04. The van der Waals surface area contributed by atoms with E-state index in [1.807, 2.05) is 18.2 Å². The van der Waals surface area contributed by atoms with Gasteiger partial charge in [-0.1, -0.05) is 6.07 Å². The highest BCUT2D eigenvalue weighted by atomic mass is 19.1. The molecule has 0 unspecified atom stereocenters. The Balaban J connectivity index is 1.42. The van der Waals surface area contributed by atoms with Gasteiger partial charge in [-0.15, -0.1) is 0 Å². The molecular weight excluding hydrogens is 299 g/mol. The van der Waals surface area contributed by atoms with Crippen molar-refractivity contribution < 1.29 is 18.3 Å². The first-order valence-electron chi connectivity index (χ1n) is 7.18. The molecule has 0 fully saturated rings. The lowest BCUT2D eigenvalue weighted by molar-refractivity contribution is -0.123. The summed E-state index contributed by atoms with van der Waals surface area (Å²) in [5, 5.41) is 2.77. The number of carbonyl (C=O) groups is 1. The Morgan fingerprint density at radius 1 is 1.22 bits per heavy atom. The zero-order valence-electron chi connectivity index (χ0n) is 12.3. The normalized spacial score (nSPS) is 10.7. The van der Waals surface area contributed by atoms with E-state index in [0.717, 1.165) is 16.7 Å². The number of benzene rings is 2. The number of ether oxygens (including phenoxy) is 1. The third-order valence-corrected chi connectivity index (χ3v) is 3.32. The summed E-state index contributed by atoms with van der Waals surface area (Å²) in [5.41, 5.74) is 2.59. The summed E-state index contributed by atoms with van der Waals surface area (Å²) in [6, 6.07) is 11.3. The van der Waals surface area contributed by atoms with Crippen LogP contribution < -0.4 is 10.1 Å². The van der Waals surface area contributed by atoms with Gasteiger partial charge in [0.1, 0.15) is 17.1 Å². The zero-order valence-corrected chi connectivity index (χ0v) is 12.3. The van der Waals surface area contributed by atoms with Gasteiger partial charge < -0.3 is 14.5 Å². The topological polar surface area (TPSA) is 64.4 Å². The lowest BCUT2D eigenvalue weighted by Gasteiger charge is -2.07. The van der Waals surface area contributed by atoms with Gasteiger partial charge in [0, 0.05) is 6.54 Å². The molecule has 0 radical (unpaired) electrons. The first kappa shape index (κ1) is 15.0. The van der Waals surface area contributed by atoms with Gasteiger partial charge in [0.15, 0.2) is 18.6 Å². The summed E-state index contributed by atoms with van der Waals surface area (Å²) in [6.07, 6.45) is 2.09. The van der Waals surface area contributed by atoms with Crippen molar-refractivity contribution in [3.8, 4) is 5.75 Å². The summed E-state index contributed by atoms with van der Waals surface area (Å²) < 4.78 is 23.3. The molecule has 3 rings (SSSR count). The molecule has 2 aromatic carbocycles. The largest absolute Gasteiger partial charge is 0.484 e. The average molecular weight is 314 g/mol. The lowest BCUT2D eigenvalue weighted by atomic mass is 10.1. The van der Waals surface area contributed by atoms with E-state index in [0.29, 0.717) is 18.7 Å². The maximum atomic E-state index is 12.7. The fourth-order valence-corrected chi connectivity index (χ4v) is 2.13. The summed E-state index contributed by atoms with van der Waals surface area (Å²) in [4.78, 5) is 15.8. The fraction of sp³-hybridized carbons (Fsp3) is 0.176. The predicted octanol–water partition coefficient (Wildman–Crippen LogP) is 2.70. The number of halogens is 1. The van der Waals surface area contributed by atoms with Crippen molar-refractivity contribution in [3.05, 3.63) is 60.2 Å². The molecule has 1 N–H and O–H groups in total. The van der Waals surface area contributed by atoms with Gasteiger partial charge in [-0.2, -0.15) is 0 Å². The molecule has 0 atom stereocenters. The number of carbonyl (C=O) groups excluding carboxylic acids is 1. The van der Waals surface area contributed by atoms with Crippen LogP contribution >= 0.6 is 0 Å². The van der Waals surface area contributed by atoms with Gasteiger partial charge >= 0.3 is 0 Å². The van der Waals surface area contributed by atoms with Crippen LogP contribution in [-0.2, 0) is 11.2 Å². The van der Waals surface area contributed by atoms with E-state index in [1.54, 1.807) is 0 Å². The summed E-state index contributed by atoms with van der Waals surface area (Å²) >= 11 is 0. The van der Waals surface area contributed by atoms with Crippen LogP contribution in [0.3, 0.4) is 0 Å². The number of oxazole rings is 1. The molecule has 0 saturated carbocycles. The quantitative estimate of drug-likeness (QED) is 0.760. The molecule has 6 heteroatoms. The van der Waals surface area contributed by atoms with Crippen LogP contribution in [0.4, 0.5) is 4.39 Å². The molecule has 118 valence electrons. The Morgan fingerprint density at radius 3 is 2.87 bits per heavy atom. The van der Waals surface area contributed by atoms with Crippen LogP contribution in [0.15, 0.2) is 53.3 Å². The summed E-state index contributed by atoms with van der Waals surface area (Å²) in [7, 11) is 0. The molecule has 0 aliphatic carbocycles. The molecule has 0 spiro atoms. The number of amides is 1. The molecule has 1 heterocycles. The van der Waals surface area contributed by atoms with Crippen LogP contribution in [-0.4, -0.2) is 24.0 Å². The maximum Gasteiger partial charge on any atom is 0.257 e. The number of rotatable bonds is 6. The van der Waals surface area contributed by atoms with Crippen LogP contribution in [0.2, 0.25) is 0 Å². The number of aromatic nitrogens is 1. The molecule has 0 saturated heterocycles. The minimum absolute atomic E-state index is 0.104. The van der Waals surface area contributed by atoms with Gasteiger partial charge in [0.05, 0.1) is 0 Å². The van der Waals surface area contributed by atoms with Gasteiger partial charge in [0.25, 0.3) is 5.91 Å². The van der Waals surface area contributed by atoms with E-state index >= 15 is 0 Å². The minimum atomic E-state index is -0.342. The molecule has 0 aliphatic heterocycles. The number of nitrogens with one attached hydrogen (secondary N) is 1. The number of hydrogen-bond acceptors (Lipinski definition) is 4. The molecule has 0 aliphatic rings. The number of nitrogens with zero attached hydrogens (tertiary/aromatic N) is 1. The smallest absolute Gasteiger partial charge is 0.257 e. The van der Waals surface area contributed by atoms with Crippen LogP contribution in [0.5, 0.6) is 5.75 Å². The van der Waals surface area contributed by atoms with Crippen molar-refractivity contribution in [1.29, 1.82) is 0 Å². The third kappa shape index (κ3) is 4.06. The maximum absolute atomic E-state index is 12.7. The van der Waals surface area contributed by atoms with E-state index in [-0.39, 0.29) is 18.3 Å². The van der Waals surface area contributed by atoms with E-state index < -0.39 is 0 Å². The Labute approximate surface area is 132 Å². The summed E-state index contributed by atoms with van der Waals surface area (Å²) in [6.45, 7) is 0.387. The van der Waals surface area contributed by atoms with Crippen molar-refractivity contribution >= 4 is 17.0 Å². The fourth-order valence-electron chi connectivity index (χ4n) is 2.13. The van der Waals surface area contributed by atoms with Gasteiger partial charge in [-0.05, 0) is 48.4 Å². The van der Waals surface area contributed by atoms with E-state index in [2.05, 4.69) is 10.3 Å². The zero-order chi connectivity index (χ0) is 16.1. The first-order valence-corrected chi connectivity index (χ1v) is 7.18. The minimum Gasteiger partial charge on any atom is -0.484 e. The standard InChI is InChI=1S/C17H15FN2O3/c18-13-2-4-14(5-3-13)22-10-17(21)19-8-7-12-1-6-15-16(9-12)23-11-20-15/h1-6,9,11H,7-8,10H2,(H,19,21). The Hall–Kier alpha value is -2.89. The average Bonchev–Trinajstić information content (AvgIpc) is 3.02. The molecule has 5 nitrogen and oxygen atoms in total. The van der Waals surface area contributed by atoms with E-state index in [4.69, 9.17) is 9.15 Å². The molecule has 3 aromatic rings. The SMILES string of the molecule is O=C(COc1ccc(F)cc1)NCCc1ccc2ncoc2c1. The van der Waals surface area contributed by atoms with Crippen molar-refractivity contribution in [3.63, 3.8) is 0 Å².